The Balaban J connectivity index is 1.90. The fraction of sp³-hybridized carbons (Fsp3) is 0.526. The molecule has 0 radical (unpaired) electrons. The summed E-state index contributed by atoms with van der Waals surface area (Å²) in [6, 6.07) is 7.12. The molecule has 0 unspecified atom stereocenters. The first-order chi connectivity index (χ1) is 11.8. The van der Waals surface area contributed by atoms with Crippen LogP contribution < -0.4 is 5.32 Å². The summed E-state index contributed by atoms with van der Waals surface area (Å²) in [5.74, 6) is -0.117. The van der Waals surface area contributed by atoms with E-state index in [-0.39, 0.29) is 11.8 Å². The maximum atomic E-state index is 12.5. The highest BCUT2D eigenvalue weighted by Crippen LogP contribution is 2.17. The van der Waals surface area contributed by atoms with Gasteiger partial charge >= 0.3 is 6.09 Å². The smallest absolute Gasteiger partial charge is 0.407 e. The maximum absolute atomic E-state index is 12.5. The Hall–Kier alpha value is -2.37. The average molecular weight is 346 g/mol. The zero-order chi connectivity index (χ0) is 18.4. The van der Waals surface area contributed by atoms with Crippen molar-refractivity contribution in [2.45, 2.75) is 45.8 Å². The largest absolute Gasteiger partial charge is 0.444 e. The predicted octanol–water partition coefficient (Wildman–Crippen LogP) is 2.76. The van der Waals surface area contributed by atoms with Crippen molar-refractivity contribution in [1.29, 1.82) is 0 Å². The van der Waals surface area contributed by atoms with Gasteiger partial charge in [0.1, 0.15) is 11.9 Å². The SMILES string of the molecule is CC(C)(C)OC(=O)NCc1ccc(C(=O)N2CCC[C@@H](C=O)C2)cc1. The van der Waals surface area contributed by atoms with Crippen LogP contribution in [0.15, 0.2) is 24.3 Å². The number of nitrogens with one attached hydrogen (secondary N) is 1. The van der Waals surface area contributed by atoms with Crippen LogP contribution in [0.3, 0.4) is 0 Å². The van der Waals surface area contributed by atoms with Gasteiger partial charge in [-0.2, -0.15) is 0 Å². The minimum atomic E-state index is -0.534. The molecule has 1 aromatic rings. The van der Waals surface area contributed by atoms with Crippen molar-refractivity contribution in [2.24, 2.45) is 5.92 Å². The molecular weight excluding hydrogens is 320 g/mol. The highest BCUT2D eigenvalue weighted by Gasteiger charge is 2.24. The van der Waals surface area contributed by atoms with Gasteiger partial charge < -0.3 is 19.7 Å². The number of carbonyl (C=O) groups is 3. The highest BCUT2D eigenvalue weighted by molar-refractivity contribution is 5.94. The Morgan fingerprint density at radius 1 is 1.28 bits per heavy atom. The first-order valence-corrected chi connectivity index (χ1v) is 8.59. The number of rotatable bonds is 4. The van der Waals surface area contributed by atoms with Crippen molar-refractivity contribution >= 4 is 18.3 Å². The summed E-state index contributed by atoms with van der Waals surface area (Å²) < 4.78 is 5.18. The minimum Gasteiger partial charge on any atom is -0.444 e. The Labute approximate surface area is 148 Å². The summed E-state index contributed by atoms with van der Waals surface area (Å²) in [4.78, 5) is 36.8. The molecule has 2 amide bonds. The summed E-state index contributed by atoms with van der Waals surface area (Å²) in [5.41, 5.74) is 0.938. The van der Waals surface area contributed by atoms with E-state index in [4.69, 9.17) is 4.74 Å². The molecule has 6 heteroatoms. The lowest BCUT2D eigenvalue weighted by Gasteiger charge is -2.30. The predicted molar refractivity (Wildman–Crippen MR) is 94.2 cm³/mol. The molecule has 1 fully saturated rings. The van der Waals surface area contributed by atoms with Crippen LogP contribution in [-0.4, -0.2) is 41.9 Å². The molecule has 1 heterocycles. The van der Waals surface area contributed by atoms with Crippen molar-refractivity contribution in [3.63, 3.8) is 0 Å². The van der Waals surface area contributed by atoms with E-state index in [1.54, 1.807) is 17.0 Å². The number of piperidine rings is 1. The van der Waals surface area contributed by atoms with E-state index >= 15 is 0 Å². The van der Waals surface area contributed by atoms with Crippen molar-refractivity contribution in [2.75, 3.05) is 13.1 Å². The summed E-state index contributed by atoms with van der Waals surface area (Å²) >= 11 is 0. The van der Waals surface area contributed by atoms with Crippen molar-refractivity contribution in [3.8, 4) is 0 Å². The summed E-state index contributed by atoms with van der Waals surface area (Å²) in [6.45, 7) is 6.93. The monoisotopic (exact) mass is 346 g/mol. The lowest BCUT2D eigenvalue weighted by molar-refractivity contribution is -0.112. The van der Waals surface area contributed by atoms with Crippen LogP contribution in [0.25, 0.3) is 0 Å². The van der Waals surface area contributed by atoms with E-state index in [2.05, 4.69) is 5.32 Å². The molecule has 1 aliphatic rings. The van der Waals surface area contributed by atoms with Gasteiger partial charge in [-0.25, -0.2) is 4.79 Å². The van der Waals surface area contributed by atoms with E-state index in [9.17, 15) is 14.4 Å². The molecule has 1 aliphatic heterocycles. The van der Waals surface area contributed by atoms with Gasteiger partial charge in [-0.3, -0.25) is 4.79 Å². The third-order valence-corrected chi connectivity index (χ3v) is 3.97. The van der Waals surface area contributed by atoms with Gasteiger partial charge in [0.05, 0.1) is 0 Å². The molecule has 0 aromatic heterocycles. The van der Waals surface area contributed by atoms with Gasteiger partial charge in [-0.15, -0.1) is 0 Å². The van der Waals surface area contributed by atoms with Crippen molar-refractivity contribution in [1.82, 2.24) is 10.2 Å². The van der Waals surface area contributed by atoms with Crippen molar-refractivity contribution in [3.05, 3.63) is 35.4 Å². The van der Waals surface area contributed by atoms with Crippen LogP contribution in [0.1, 0.15) is 49.5 Å². The third-order valence-electron chi connectivity index (χ3n) is 3.97. The molecule has 1 saturated heterocycles. The number of hydrogen-bond donors (Lipinski definition) is 1. The minimum absolute atomic E-state index is 0.0572. The number of hydrogen-bond acceptors (Lipinski definition) is 4. The van der Waals surface area contributed by atoms with Crippen molar-refractivity contribution < 1.29 is 19.1 Å². The molecule has 1 atom stereocenters. The molecule has 1 aromatic carbocycles. The van der Waals surface area contributed by atoms with E-state index in [0.29, 0.717) is 25.2 Å². The number of likely N-dealkylation sites (tertiary alicyclic amines) is 1. The third kappa shape index (κ3) is 5.89. The lowest BCUT2D eigenvalue weighted by atomic mass is 9.99. The molecule has 0 saturated carbocycles. The maximum Gasteiger partial charge on any atom is 0.407 e. The van der Waals surface area contributed by atoms with E-state index in [0.717, 1.165) is 24.7 Å². The second-order valence-corrected chi connectivity index (χ2v) is 7.34. The Morgan fingerprint density at radius 2 is 1.96 bits per heavy atom. The molecule has 25 heavy (non-hydrogen) atoms. The average Bonchev–Trinajstić information content (AvgIpc) is 2.58. The Kier molecular flexibility index (Phi) is 6.17. The van der Waals surface area contributed by atoms with Gasteiger partial charge in [0, 0.05) is 31.1 Å². The van der Waals surface area contributed by atoms with Crippen LogP contribution in [0.4, 0.5) is 4.79 Å². The molecular formula is C19H26N2O4. The highest BCUT2D eigenvalue weighted by atomic mass is 16.6. The normalized spacial score (nSPS) is 17.7. The Morgan fingerprint density at radius 3 is 2.56 bits per heavy atom. The molecule has 0 spiro atoms. The van der Waals surface area contributed by atoms with Crippen LogP contribution >= 0.6 is 0 Å². The van der Waals surface area contributed by atoms with E-state index in [1.165, 1.54) is 0 Å². The zero-order valence-electron chi connectivity index (χ0n) is 15.1. The number of ether oxygens (including phenoxy) is 1. The molecule has 136 valence electrons. The van der Waals surface area contributed by atoms with Gasteiger partial charge in [0.15, 0.2) is 0 Å². The number of aldehydes is 1. The second-order valence-electron chi connectivity index (χ2n) is 7.34. The summed E-state index contributed by atoms with van der Waals surface area (Å²) in [5, 5.41) is 2.69. The van der Waals surface area contributed by atoms with Gasteiger partial charge in [0.25, 0.3) is 5.91 Å². The quantitative estimate of drug-likeness (QED) is 0.851. The molecule has 2 rings (SSSR count). The molecule has 0 aliphatic carbocycles. The first-order valence-electron chi connectivity index (χ1n) is 8.59. The molecule has 0 bridgehead atoms. The van der Waals surface area contributed by atoms with Crippen LogP contribution in [0.2, 0.25) is 0 Å². The van der Waals surface area contributed by atoms with Crippen LogP contribution in [0, 0.1) is 5.92 Å². The number of amides is 2. The number of benzene rings is 1. The fourth-order valence-corrected chi connectivity index (χ4v) is 2.74. The molecule has 6 nitrogen and oxygen atoms in total. The second kappa shape index (κ2) is 8.14. The lowest BCUT2D eigenvalue weighted by Crippen LogP contribution is -2.40. The van der Waals surface area contributed by atoms with Gasteiger partial charge in [0.2, 0.25) is 0 Å². The van der Waals surface area contributed by atoms with E-state index in [1.807, 2.05) is 32.9 Å². The fourth-order valence-electron chi connectivity index (χ4n) is 2.74. The number of alkyl carbamates (subject to hydrolysis) is 1. The Bertz CT molecular complexity index is 619. The van der Waals surface area contributed by atoms with E-state index < -0.39 is 11.7 Å². The zero-order valence-corrected chi connectivity index (χ0v) is 15.1. The standard InChI is InChI=1S/C19H26N2O4/c1-19(2,3)25-18(24)20-11-14-6-8-16(9-7-14)17(23)21-10-4-5-15(12-21)13-22/h6-9,13,15H,4-5,10-12H2,1-3H3,(H,20,24)/t15-/m1/s1. The summed E-state index contributed by atoms with van der Waals surface area (Å²) in [6.07, 6.45) is 2.17. The number of carbonyl (C=O) groups excluding carboxylic acids is 3. The van der Waals surface area contributed by atoms with Gasteiger partial charge in [-0.1, -0.05) is 12.1 Å². The van der Waals surface area contributed by atoms with Crippen LogP contribution in [-0.2, 0) is 16.1 Å². The van der Waals surface area contributed by atoms with Crippen LogP contribution in [0.5, 0.6) is 0 Å². The molecule has 1 N–H and O–H groups in total. The summed E-state index contributed by atoms with van der Waals surface area (Å²) in [7, 11) is 0. The topological polar surface area (TPSA) is 75.7 Å². The first kappa shape index (κ1) is 19.0. The number of nitrogens with zero attached hydrogens (tertiary/aromatic N) is 1. The van der Waals surface area contributed by atoms with Gasteiger partial charge in [-0.05, 0) is 51.3 Å².